The fourth-order valence-corrected chi connectivity index (χ4v) is 4.33. The summed E-state index contributed by atoms with van der Waals surface area (Å²) in [5, 5.41) is 7.68. The molecule has 0 unspecified atom stereocenters. The fourth-order valence-electron chi connectivity index (χ4n) is 3.28. The van der Waals surface area contributed by atoms with Gasteiger partial charge in [-0.25, -0.2) is 8.42 Å². The van der Waals surface area contributed by atoms with Crippen molar-refractivity contribution in [3.8, 4) is 11.6 Å². The van der Waals surface area contributed by atoms with Gasteiger partial charge in [-0.3, -0.25) is 9.52 Å². The molecule has 1 fully saturated rings. The zero-order valence-corrected chi connectivity index (χ0v) is 17.6. The average molecular weight is 430 g/mol. The highest BCUT2D eigenvalue weighted by molar-refractivity contribution is 7.92. The standard InChI is InChI=1S/C20H23N5O4S/c1-13(2)14-5-7-15(8-6-14)24-30(27,28)16-11-17(21-12-16)18-22-23-19(29-18)20(26)25-9-3-4-10-25/h5-8,11-13,21,24H,3-4,9-10H2,1-2H3. The Kier molecular flexibility index (Phi) is 5.33. The van der Waals surface area contributed by atoms with E-state index in [1.165, 1.54) is 12.3 Å². The van der Waals surface area contributed by atoms with Gasteiger partial charge >= 0.3 is 11.8 Å². The van der Waals surface area contributed by atoms with Gasteiger partial charge in [-0.2, -0.15) is 0 Å². The van der Waals surface area contributed by atoms with Crippen molar-refractivity contribution in [2.24, 2.45) is 0 Å². The highest BCUT2D eigenvalue weighted by Crippen LogP contribution is 2.24. The summed E-state index contributed by atoms with van der Waals surface area (Å²) in [6, 6.07) is 8.64. The van der Waals surface area contributed by atoms with Gasteiger partial charge in [0.25, 0.3) is 15.9 Å². The number of sulfonamides is 1. The molecule has 0 atom stereocenters. The van der Waals surface area contributed by atoms with Crippen LogP contribution in [0.5, 0.6) is 0 Å². The molecule has 0 radical (unpaired) electrons. The van der Waals surface area contributed by atoms with Crippen LogP contribution in [0.3, 0.4) is 0 Å². The molecule has 30 heavy (non-hydrogen) atoms. The van der Waals surface area contributed by atoms with Crippen LogP contribution in [0.2, 0.25) is 0 Å². The largest absolute Gasteiger partial charge is 0.411 e. The van der Waals surface area contributed by atoms with Gasteiger partial charge in [0, 0.05) is 25.0 Å². The molecular weight excluding hydrogens is 406 g/mol. The van der Waals surface area contributed by atoms with Crippen molar-refractivity contribution >= 4 is 21.6 Å². The molecule has 1 aliphatic rings. The molecule has 0 aliphatic carbocycles. The molecule has 2 N–H and O–H groups in total. The van der Waals surface area contributed by atoms with E-state index in [-0.39, 0.29) is 22.6 Å². The molecule has 10 heteroatoms. The molecule has 3 heterocycles. The predicted octanol–water partition coefficient (Wildman–Crippen LogP) is 3.22. The van der Waals surface area contributed by atoms with Crippen LogP contribution >= 0.6 is 0 Å². The van der Waals surface area contributed by atoms with Crippen molar-refractivity contribution in [2.45, 2.75) is 37.5 Å². The van der Waals surface area contributed by atoms with E-state index >= 15 is 0 Å². The van der Waals surface area contributed by atoms with Crippen molar-refractivity contribution in [3.63, 3.8) is 0 Å². The van der Waals surface area contributed by atoms with Gasteiger partial charge < -0.3 is 14.3 Å². The van der Waals surface area contributed by atoms with Gasteiger partial charge in [-0.05, 0) is 42.5 Å². The van der Waals surface area contributed by atoms with Crippen molar-refractivity contribution in [3.05, 3.63) is 48.0 Å². The van der Waals surface area contributed by atoms with Crippen LogP contribution in [0.4, 0.5) is 5.69 Å². The second-order valence-corrected chi connectivity index (χ2v) is 9.23. The maximum absolute atomic E-state index is 12.7. The predicted molar refractivity (Wildman–Crippen MR) is 111 cm³/mol. The van der Waals surface area contributed by atoms with E-state index in [4.69, 9.17) is 4.42 Å². The summed E-state index contributed by atoms with van der Waals surface area (Å²) < 4.78 is 33.4. The third-order valence-corrected chi connectivity index (χ3v) is 6.39. The van der Waals surface area contributed by atoms with Gasteiger partial charge in [0.15, 0.2) is 0 Å². The lowest BCUT2D eigenvalue weighted by molar-refractivity contribution is 0.0754. The summed E-state index contributed by atoms with van der Waals surface area (Å²) in [5.41, 5.74) is 1.91. The number of rotatable bonds is 6. The first kappa shape index (κ1) is 20.1. The Bertz CT molecular complexity index is 1140. The Labute approximate surface area is 174 Å². The third kappa shape index (κ3) is 4.09. The lowest BCUT2D eigenvalue weighted by Gasteiger charge is -2.11. The molecule has 1 amide bonds. The van der Waals surface area contributed by atoms with E-state index in [9.17, 15) is 13.2 Å². The first-order chi connectivity index (χ1) is 14.3. The summed E-state index contributed by atoms with van der Waals surface area (Å²) in [5.74, 6) is 0.00579. The van der Waals surface area contributed by atoms with Gasteiger partial charge in [0.2, 0.25) is 0 Å². The number of hydrogen-bond acceptors (Lipinski definition) is 6. The molecule has 0 spiro atoms. The number of likely N-dealkylation sites (tertiary alicyclic amines) is 1. The minimum Gasteiger partial charge on any atom is -0.411 e. The second kappa shape index (κ2) is 7.94. The molecule has 0 saturated carbocycles. The zero-order chi connectivity index (χ0) is 21.3. The molecule has 1 aliphatic heterocycles. The van der Waals surface area contributed by atoms with Crippen LogP contribution in [-0.2, 0) is 10.0 Å². The molecule has 3 aromatic rings. The minimum atomic E-state index is -3.80. The monoisotopic (exact) mass is 429 g/mol. The smallest absolute Gasteiger partial charge is 0.311 e. The Hall–Kier alpha value is -3.14. The molecule has 9 nitrogen and oxygen atoms in total. The number of nitrogens with zero attached hydrogens (tertiary/aromatic N) is 3. The summed E-state index contributed by atoms with van der Waals surface area (Å²) in [6.07, 6.45) is 3.25. The van der Waals surface area contributed by atoms with Crippen molar-refractivity contribution < 1.29 is 17.6 Å². The molecular formula is C20H23N5O4S. The highest BCUT2D eigenvalue weighted by atomic mass is 32.2. The van der Waals surface area contributed by atoms with Gasteiger partial charge in [0.05, 0.1) is 0 Å². The molecule has 2 aromatic heterocycles. The van der Waals surface area contributed by atoms with Crippen molar-refractivity contribution in [2.75, 3.05) is 17.8 Å². The van der Waals surface area contributed by atoms with Crippen LogP contribution in [-0.4, -0.2) is 47.5 Å². The van der Waals surface area contributed by atoms with Gasteiger partial charge in [0.1, 0.15) is 10.6 Å². The van der Waals surface area contributed by atoms with E-state index in [1.54, 1.807) is 17.0 Å². The van der Waals surface area contributed by atoms with Crippen molar-refractivity contribution in [1.82, 2.24) is 20.1 Å². The maximum atomic E-state index is 12.7. The average Bonchev–Trinajstić information content (AvgIpc) is 3.49. The van der Waals surface area contributed by atoms with Crippen LogP contribution < -0.4 is 4.72 Å². The lowest BCUT2D eigenvalue weighted by Crippen LogP contribution is -2.27. The quantitative estimate of drug-likeness (QED) is 0.620. The van der Waals surface area contributed by atoms with E-state index in [0.29, 0.717) is 30.4 Å². The molecule has 4 rings (SSSR count). The summed E-state index contributed by atoms with van der Waals surface area (Å²) >= 11 is 0. The number of aromatic nitrogens is 3. The number of aromatic amines is 1. The molecule has 0 bridgehead atoms. The van der Waals surface area contributed by atoms with Crippen molar-refractivity contribution in [1.29, 1.82) is 0 Å². The van der Waals surface area contributed by atoms with E-state index < -0.39 is 10.0 Å². The summed E-state index contributed by atoms with van der Waals surface area (Å²) in [7, 11) is -3.80. The second-order valence-electron chi connectivity index (χ2n) is 7.54. The number of carbonyl (C=O) groups excluding carboxylic acids is 1. The number of nitrogens with one attached hydrogen (secondary N) is 2. The Morgan fingerprint density at radius 2 is 1.87 bits per heavy atom. The topological polar surface area (TPSA) is 121 Å². The molecule has 158 valence electrons. The summed E-state index contributed by atoms with van der Waals surface area (Å²) in [4.78, 5) is 16.8. The van der Waals surface area contributed by atoms with Crippen LogP contribution in [0.15, 0.2) is 45.8 Å². The first-order valence-electron chi connectivity index (χ1n) is 9.78. The van der Waals surface area contributed by atoms with Crippen LogP contribution in [0.1, 0.15) is 48.9 Å². The molecule has 1 saturated heterocycles. The number of H-pyrrole nitrogens is 1. The van der Waals surface area contributed by atoms with E-state index in [1.807, 2.05) is 12.1 Å². The third-order valence-electron chi connectivity index (χ3n) is 5.03. The first-order valence-corrected chi connectivity index (χ1v) is 11.3. The Morgan fingerprint density at radius 1 is 1.17 bits per heavy atom. The number of hydrogen-bond donors (Lipinski definition) is 2. The maximum Gasteiger partial charge on any atom is 0.311 e. The van der Waals surface area contributed by atoms with Gasteiger partial charge in [-0.15, -0.1) is 10.2 Å². The summed E-state index contributed by atoms with van der Waals surface area (Å²) in [6.45, 7) is 5.49. The zero-order valence-electron chi connectivity index (χ0n) is 16.8. The van der Waals surface area contributed by atoms with Gasteiger partial charge in [-0.1, -0.05) is 26.0 Å². The number of carbonyl (C=O) groups is 1. The van der Waals surface area contributed by atoms with Crippen LogP contribution in [0, 0.1) is 0 Å². The minimum absolute atomic E-state index is 0.0241. The molecule has 1 aromatic carbocycles. The fraction of sp³-hybridized carbons (Fsp3) is 0.350. The number of amides is 1. The SMILES string of the molecule is CC(C)c1ccc(NS(=O)(=O)c2c[nH]c(-c3nnc(C(=O)N4CCCC4)o3)c2)cc1. The normalized spacial score (nSPS) is 14.4. The number of benzene rings is 1. The Morgan fingerprint density at radius 3 is 2.53 bits per heavy atom. The lowest BCUT2D eigenvalue weighted by atomic mass is 10.0. The Balaban J connectivity index is 1.50. The number of anilines is 1. The van der Waals surface area contributed by atoms with Crippen LogP contribution in [0.25, 0.3) is 11.6 Å². The van der Waals surface area contributed by atoms with E-state index in [0.717, 1.165) is 18.4 Å². The highest BCUT2D eigenvalue weighted by Gasteiger charge is 2.26. The van der Waals surface area contributed by atoms with E-state index in [2.05, 4.69) is 33.8 Å².